The van der Waals surface area contributed by atoms with Crippen LogP contribution >= 0.6 is 0 Å². The van der Waals surface area contributed by atoms with Crippen molar-refractivity contribution in [2.75, 3.05) is 6.61 Å². The average Bonchev–Trinajstić information content (AvgIpc) is 2.35. The third-order valence-corrected chi connectivity index (χ3v) is 2.71. The maximum Gasteiger partial charge on any atom is 0.306 e. The van der Waals surface area contributed by atoms with E-state index < -0.39 is 0 Å². The first-order valence-corrected chi connectivity index (χ1v) is 6.34. The highest BCUT2D eigenvalue weighted by Crippen LogP contribution is 2.09. The molecule has 3 nitrogen and oxygen atoms in total. The Hall–Kier alpha value is -1.64. The van der Waals surface area contributed by atoms with Crippen LogP contribution in [0.4, 0.5) is 0 Å². The van der Waals surface area contributed by atoms with Gasteiger partial charge >= 0.3 is 5.97 Å². The van der Waals surface area contributed by atoms with Gasteiger partial charge in [-0.2, -0.15) is 0 Å². The molecule has 0 amide bonds. The van der Waals surface area contributed by atoms with E-state index >= 15 is 0 Å². The molecular formula is C15H20O3. The van der Waals surface area contributed by atoms with Crippen LogP contribution in [0.3, 0.4) is 0 Å². The normalized spacial score (nSPS) is 10.1. The highest BCUT2D eigenvalue weighted by atomic mass is 16.5. The van der Waals surface area contributed by atoms with E-state index in [-0.39, 0.29) is 11.8 Å². The predicted molar refractivity (Wildman–Crippen MR) is 70.4 cm³/mol. The van der Waals surface area contributed by atoms with Crippen molar-refractivity contribution in [3.8, 4) is 0 Å². The van der Waals surface area contributed by atoms with Gasteiger partial charge in [0.25, 0.3) is 0 Å². The lowest BCUT2D eigenvalue weighted by molar-refractivity contribution is -0.143. The molecule has 98 valence electrons. The smallest absolute Gasteiger partial charge is 0.306 e. The van der Waals surface area contributed by atoms with Crippen LogP contribution in [-0.2, 0) is 27.2 Å². The molecule has 0 bridgehead atoms. The van der Waals surface area contributed by atoms with Crippen LogP contribution in [0.15, 0.2) is 24.3 Å². The first kappa shape index (κ1) is 14.4. The lowest BCUT2D eigenvalue weighted by Crippen LogP contribution is -2.05. The Morgan fingerprint density at radius 1 is 1.00 bits per heavy atom. The van der Waals surface area contributed by atoms with Crippen molar-refractivity contribution in [3.05, 3.63) is 35.4 Å². The summed E-state index contributed by atoms with van der Waals surface area (Å²) in [4.78, 5) is 22.1. The number of aryl methyl sites for hydroxylation is 2. The fourth-order valence-corrected chi connectivity index (χ4v) is 1.67. The van der Waals surface area contributed by atoms with Crippen molar-refractivity contribution in [1.29, 1.82) is 0 Å². The van der Waals surface area contributed by atoms with Gasteiger partial charge in [0.1, 0.15) is 5.78 Å². The molecule has 0 spiro atoms. The molecule has 0 radical (unpaired) electrons. The molecule has 1 aromatic carbocycles. The number of rotatable bonds is 7. The topological polar surface area (TPSA) is 43.4 Å². The molecule has 0 heterocycles. The van der Waals surface area contributed by atoms with Gasteiger partial charge in [0.15, 0.2) is 0 Å². The molecule has 0 aliphatic rings. The van der Waals surface area contributed by atoms with E-state index in [1.807, 2.05) is 31.2 Å². The maximum atomic E-state index is 11.2. The third kappa shape index (κ3) is 5.62. The molecule has 0 N–H and O–H groups in total. The van der Waals surface area contributed by atoms with Gasteiger partial charge in [-0.15, -0.1) is 0 Å². The SMILES string of the molecule is CCOC(=O)CCc1ccc(CCC(C)=O)cc1. The number of hydrogen-bond acceptors (Lipinski definition) is 3. The number of Topliss-reactive ketones (excluding diaryl/α,β-unsaturated/α-hetero) is 1. The van der Waals surface area contributed by atoms with E-state index in [1.54, 1.807) is 6.92 Å². The maximum absolute atomic E-state index is 11.2. The summed E-state index contributed by atoms with van der Waals surface area (Å²) in [5, 5.41) is 0. The zero-order chi connectivity index (χ0) is 13.4. The Morgan fingerprint density at radius 3 is 1.94 bits per heavy atom. The standard InChI is InChI=1S/C15H20O3/c1-3-18-15(17)11-10-14-8-6-13(7-9-14)5-4-12(2)16/h6-9H,3-5,10-11H2,1-2H3. The summed E-state index contributed by atoms with van der Waals surface area (Å²) in [6.45, 7) is 3.85. The molecule has 0 aliphatic carbocycles. The summed E-state index contributed by atoms with van der Waals surface area (Å²) in [5.41, 5.74) is 2.28. The number of hydrogen-bond donors (Lipinski definition) is 0. The monoisotopic (exact) mass is 248 g/mol. The first-order valence-electron chi connectivity index (χ1n) is 6.34. The zero-order valence-corrected chi connectivity index (χ0v) is 11.1. The van der Waals surface area contributed by atoms with Crippen molar-refractivity contribution in [3.63, 3.8) is 0 Å². The molecular weight excluding hydrogens is 228 g/mol. The number of benzene rings is 1. The van der Waals surface area contributed by atoms with E-state index in [0.29, 0.717) is 25.9 Å². The highest BCUT2D eigenvalue weighted by molar-refractivity contribution is 5.75. The van der Waals surface area contributed by atoms with Crippen molar-refractivity contribution in [1.82, 2.24) is 0 Å². The Kier molecular flexibility index (Phi) is 6.12. The van der Waals surface area contributed by atoms with Gasteiger partial charge < -0.3 is 9.53 Å². The largest absolute Gasteiger partial charge is 0.466 e. The lowest BCUT2D eigenvalue weighted by atomic mass is 10.0. The molecule has 1 rings (SSSR count). The van der Waals surface area contributed by atoms with Crippen molar-refractivity contribution in [2.24, 2.45) is 0 Å². The van der Waals surface area contributed by atoms with Crippen LogP contribution in [0.25, 0.3) is 0 Å². The fourth-order valence-electron chi connectivity index (χ4n) is 1.67. The van der Waals surface area contributed by atoms with Crippen molar-refractivity contribution in [2.45, 2.75) is 39.5 Å². The molecule has 0 aromatic heterocycles. The molecule has 18 heavy (non-hydrogen) atoms. The summed E-state index contributed by atoms with van der Waals surface area (Å²) >= 11 is 0. The van der Waals surface area contributed by atoms with Crippen LogP contribution in [0.5, 0.6) is 0 Å². The van der Waals surface area contributed by atoms with Gasteiger partial charge in [-0.3, -0.25) is 4.79 Å². The second-order valence-corrected chi connectivity index (χ2v) is 4.32. The zero-order valence-electron chi connectivity index (χ0n) is 11.1. The fraction of sp³-hybridized carbons (Fsp3) is 0.467. The Morgan fingerprint density at radius 2 is 1.50 bits per heavy atom. The quantitative estimate of drug-likeness (QED) is 0.697. The van der Waals surface area contributed by atoms with Gasteiger partial charge in [-0.25, -0.2) is 0 Å². The summed E-state index contributed by atoms with van der Waals surface area (Å²) in [6, 6.07) is 8.05. The molecule has 0 unspecified atom stereocenters. The minimum atomic E-state index is -0.154. The van der Waals surface area contributed by atoms with E-state index in [1.165, 1.54) is 0 Å². The van der Waals surface area contributed by atoms with E-state index in [4.69, 9.17) is 4.74 Å². The minimum absolute atomic E-state index is 0.154. The van der Waals surface area contributed by atoms with Crippen LogP contribution < -0.4 is 0 Å². The summed E-state index contributed by atoms with van der Waals surface area (Å²) < 4.78 is 4.88. The summed E-state index contributed by atoms with van der Waals surface area (Å²) in [6.07, 6.45) is 2.49. The van der Waals surface area contributed by atoms with Crippen molar-refractivity contribution >= 4 is 11.8 Å². The van der Waals surface area contributed by atoms with E-state index in [0.717, 1.165) is 17.5 Å². The van der Waals surface area contributed by atoms with Gasteiger partial charge in [-0.05, 0) is 37.8 Å². The number of carbonyl (C=O) groups is 2. The number of esters is 1. The van der Waals surface area contributed by atoms with E-state index in [2.05, 4.69) is 0 Å². The van der Waals surface area contributed by atoms with Gasteiger partial charge in [0.05, 0.1) is 6.61 Å². The molecule has 0 aliphatic heterocycles. The molecule has 0 saturated heterocycles. The van der Waals surface area contributed by atoms with Gasteiger partial charge in [-0.1, -0.05) is 24.3 Å². The lowest BCUT2D eigenvalue weighted by Gasteiger charge is -2.04. The summed E-state index contributed by atoms with van der Waals surface area (Å²) in [5.74, 6) is 0.0551. The van der Waals surface area contributed by atoms with Crippen LogP contribution in [-0.4, -0.2) is 18.4 Å². The Bertz CT molecular complexity index is 393. The molecule has 0 saturated carbocycles. The number of ketones is 1. The molecule has 0 atom stereocenters. The predicted octanol–water partition coefficient (Wildman–Crippen LogP) is 2.70. The molecule has 3 heteroatoms. The number of ether oxygens (including phenoxy) is 1. The third-order valence-electron chi connectivity index (χ3n) is 2.71. The van der Waals surface area contributed by atoms with Crippen molar-refractivity contribution < 1.29 is 14.3 Å². The van der Waals surface area contributed by atoms with Gasteiger partial charge in [0, 0.05) is 12.8 Å². The van der Waals surface area contributed by atoms with Crippen LogP contribution in [0.1, 0.15) is 37.8 Å². The Labute approximate surface area is 108 Å². The van der Waals surface area contributed by atoms with Crippen LogP contribution in [0.2, 0.25) is 0 Å². The number of carbonyl (C=O) groups excluding carboxylic acids is 2. The second kappa shape index (κ2) is 7.64. The van der Waals surface area contributed by atoms with Gasteiger partial charge in [0.2, 0.25) is 0 Å². The van der Waals surface area contributed by atoms with Crippen LogP contribution in [0, 0.1) is 0 Å². The average molecular weight is 248 g/mol. The summed E-state index contributed by atoms with van der Waals surface area (Å²) in [7, 11) is 0. The first-order chi connectivity index (χ1) is 8.61. The molecule has 0 fully saturated rings. The minimum Gasteiger partial charge on any atom is -0.466 e. The highest BCUT2D eigenvalue weighted by Gasteiger charge is 2.03. The molecule has 1 aromatic rings. The Balaban J connectivity index is 2.40. The van der Waals surface area contributed by atoms with E-state index in [9.17, 15) is 9.59 Å². The second-order valence-electron chi connectivity index (χ2n) is 4.32.